The first-order chi connectivity index (χ1) is 11.2. The van der Waals surface area contributed by atoms with E-state index in [0.717, 1.165) is 36.4 Å². The third kappa shape index (κ3) is 4.18. The van der Waals surface area contributed by atoms with Gasteiger partial charge in [0.1, 0.15) is 11.6 Å². The lowest BCUT2D eigenvalue weighted by atomic mass is 10.2. The SMILES string of the molecule is O=C(Nc1cc([N+](=O)[O-])ccc1F)Oc1cccc(C(F)(F)F)c1. The Kier molecular flexibility index (Phi) is 4.67. The van der Waals surface area contributed by atoms with Crippen LogP contribution >= 0.6 is 0 Å². The van der Waals surface area contributed by atoms with Crippen LogP contribution in [0.1, 0.15) is 5.56 Å². The fourth-order valence-corrected chi connectivity index (χ4v) is 1.70. The van der Waals surface area contributed by atoms with Crippen LogP contribution in [0.4, 0.5) is 33.7 Å². The van der Waals surface area contributed by atoms with Gasteiger partial charge in [-0.3, -0.25) is 15.4 Å². The first kappa shape index (κ1) is 17.2. The van der Waals surface area contributed by atoms with Crippen LogP contribution in [0.2, 0.25) is 0 Å². The van der Waals surface area contributed by atoms with Crippen LogP contribution in [-0.2, 0) is 6.18 Å². The Hall–Kier alpha value is -3.17. The van der Waals surface area contributed by atoms with Gasteiger partial charge in [-0.05, 0) is 24.3 Å². The number of carbonyl (C=O) groups excluding carboxylic acids is 1. The molecule has 0 heterocycles. The summed E-state index contributed by atoms with van der Waals surface area (Å²) in [6.45, 7) is 0. The summed E-state index contributed by atoms with van der Waals surface area (Å²) >= 11 is 0. The Balaban J connectivity index is 2.14. The summed E-state index contributed by atoms with van der Waals surface area (Å²) < 4.78 is 55.8. The molecule has 0 aliphatic carbocycles. The predicted molar refractivity (Wildman–Crippen MR) is 74.1 cm³/mol. The van der Waals surface area contributed by atoms with Crippen LogP contribution in [0.5, 0.6) is 5.75 Å². The zero-order valence-electron chi connectivity index (χ0n) is 11.6. The number of nitrogens with one attached hydrogen (secondary N) is 1. The smallest absolute Gasteiger partial charge is 0.410 e. The minimum atomic E-state index is -4.62. The number of nitro groups is 1. The zero-order chi connectivity index (χ0) is 17.9. The topological polar surface area (TPSA) is 81.5 Å². The Bertz CT molecular complexity index is 793. The molecular weight excluding hydrogens is 336 g/mol. The van der Waals surface area contributed by atoms with E-state index in [1.807, 2.05) is 5.32 Å². The molecule has 24 heavy (non-hydrogen) atoms. The molecule has 0 fully saturated rings. The highest BCUT2D eigenvalue weighted by molar-refractivity contribution is 5.86. The first-order valence-electron chi connectivity index (χ1n) is 6.27. The molecule has 10 heteroatoms. The van der Waals surface area contributed by atoms with Gasteiger partial charge in [-0.25, -0.2) is 9.18 Å². The summed E-state index contributed by atoms with van der Waals surface area (Å²) in [5, 5.41) is 12.5. The van der Waals surface area contributed by atoms with Gasteiger partial charge in [-0.1, -0.05) is 6.07 Å². The molecule has 1 N–H and O–H groups in total. The number of halogens is 4. The molecule has 1 amide bonds. The molecule has 0 saturated heterocycles. The van der Waals surface area contributed by atoms with Gasteiger partial charge in [-0.15, -0.1) is 0 Å². The van der Waals surface area contributed by atoms with E-state index in [4.69, 9.17) is 0 Å². The second-order valence-corrected chi connectivity index (χ2v) is 4.46. The van der Waals surface area contributed by atoms with Crippen molar-refractivity contribution in [1.29, 1.82) is 0 Å². The molecule has 0 aromatic heterocycles. The molecule has 0 saturated carbocycles. The molecular formula is C14H8F4N2O4. The molecule has 0 radical (unpaired) electrons. The molecule has 2 aromatic carbocycles. The van der Waals surface area contributed by atoms with Crippen LogP contribution in [0.3, 0.4) is 0 Å². The van der Waals surface area contributed by atoms with Crippen molar-refractivity contribution in [2.75, 3.05) is 5.32 Å². The van der Waals surface area contributed by atoms with Crippen molar-refractivity contribution in [3.05, 3.63) is 64.0 Å². The Morgan fingerprint density at radius 3 is 2.50 bits per heavy atom. The Morgan fingerprint density at radius 2 is 1.88 bits per heavy atom. The van der Waals surface area contributed by atoms with Gasteiger partial charge in [0.15, 0.2) is 0 Å². The molecule has 0 unspecified atom stereocenters. The van der Waals surface area contributed by atoms with Crippen molar-refractivity contribution in [3.63, 3.8) is 0 Å². The van der Waals surface area contributed by atoms with E-state index in [0.29, 0.717) is 6.07 Å². The molecule has 126 valence electrons. The van der Waals surface area contributed by atoms with E-state index in [9.17, 15) is 32.5 Å². The quantitative estimate of drug-likeness (QED) is 0.509. The summed E-state index contributed by atoms with van der Waals surface area (Å²) in [7, 11) is 0. The fraction of sp³-hybridized carbons (Fsp3) is 0.0714. The number of nitro benzene ring substituents is 1. The number of ether oxygens (including phenoxy) is 1. The van der Waals surface area contributed by atoms with Gasteiger partial charge in [-0.2, -0.15) is 13.2 Å². The van der Waals surface area contributed by atoms with Crippen molar-refractivity contribution < 1.29 is 32.0 Å². The molecule has 0 aliphatic heterocycles. The second kappa shape index (κ2) is 6.52. The highest BCUT2D eigenvalue weighted by Crippen LogP contribution is 2.31. The van der Waals surface area contributed by atoms with Gasteiger partial charge in [0.05, 0.1) is 16.2 Å². The number of hydrogen-bond donors (Lipinski definition) is 1. The lowest BCUT2D eigenvalue weighted by Gasteiger charge is -2.10. The number of nitrogens with zero attached hydrogens (tertiary/aromatic N) is 1. The van der Waals surface area contributed by atoms with E-state index in [-0.39, 0.29) is 0 Å². The highest BCUT2D eigenvalue weighted by atomic mass is 19.4. The number of rotatable bonds is 3. The largest absolute Gasteiger partial charge is 0.417 e. The van der Waals surface area contributed by atoms with E-state index >= 15 is 0 Å². The van der Waals surface area contributed by atoms with Gasteiger partial charge >= 0.3 is 12.3 Å². The van der Waals surface area contributed by atoms with Gasteiger partial charge in [0.25, 0.3) is 5.69 Å². The molecule has 0 atom stereocenters. The van der Waals surface area contributed by atoms with Crippen molar-refractivity contribution in [2.45, 2.75) is 6.18 Å². The summed E-state index contributed by atoms with van der Waals surface area (Å²) in [6, 6.07) is 5.89. The first-order valence-corrected chi connectivity index (χ1v) is 6.27. The molecule has 0 aliphatic rings. The maximum absolute atomic E-state index is 13.5. The number of anilines is 1. The maximum atomic E-state index is 13.5. The number of amides is 1. The molecule has 0 spiro atoms. The molecule has 2 aromatic rings. The van der Waals surface area contributed by atoms with Gasteiger partial charge in [0, 0.05) is 12.1 Å². The lowest BCUT2D eigenvalue weighted by Crippen LogP contribution is -2.18. The van der Waals surface area contributed by atoms with Crippen LogP contribution < -0.4 is 10.1 Å². The summed E-state index contributed by atoms with van der Waals surface area (Å²) in [4.78, 5) is 21.4. The molecule has 6 nitrogen and oxygen atoms in total. The summed E-state index contributed by atoms with van der Waals surface area (Å²) in [5.74, 6) is -1.39. The number of alkyl halides is 3. The third-order valence-corrected chi connectivity index (χ3v) is 2.77. The van der Waals surface area contributed by atoms with Crippen LogP contribution in [0.25, 0.3) is 0 Å². The zero-order valence-corrected chi connectivity index (χ0v) is 11.6. The van der Waals surface area contributed by atoms with E-state index in [2.05, 4.69) is 4.74 Å². The second-order valence-electron chi connectivity index (χ2n) is 4.46. The predicted octanol–water partition coefficient (Wildman–Crippen LogP) is 4.36. The minimum Gasteiger partial charge on any atom is -0.410 e. The fourth-order valence-electron chi connectivity index (χ4n) is 1.70. The standard InChI is InChI=1S/C14H8F4N2O4/c15-11-5-4-9(20(22)23)7-12(11)19-13(21)24-10-3-1-2-8(6-10)14(16,17)18/h1-7H,(H,19,21). The maximum Gasteiger partial charge on any atom is 0.417 e. The van der Waals surface area contributed by atoms with Crippen molar-refractivity contribution >= 4 is 17.5 Å². The number of hydrogen-bond acceptors (Lipinski definition) is 4. The summed E-state index contributed by atoms with van der Waals surface area (Å²) in [6.07, 6.45) is -5.92. The molecule has 2 rings (SSSR count). The van der Waals surface area contributed by atoms with Gasteiger partial charge in [0.2, 0.25) is 0 Å². The lowest BCUT2D eigenvalue weighted by molar-refractivity contribution is -0.384. The number of benzene rings is 2. The van der Waals surface area contributed by atoms with Crippen molar-refractivity contribution in [1.82, 2.24) is 0 Å². The molecule has 0 bridgehead atoms. The average molecular weight is 344 g/mol. The Morgan fingerprint density at radius 1 is 1.17 bits per heavy atom. The van der Waals surface area contributed by atoms with Gasteiger partial charge < -0.3 is 4.74 Å². The van der Waals surface area contributed by atoms with E-state index < -0.39 is 45.7 Å². The van der Waals surface area contributed by atoms with E-state index in [1.165, 1.54) is 0 Å². The number of carbonyl (C=O) groups is 1. The number of non-ortho nitro benzene ring substituents is 1. The summed E-state index contributed by atoms with van der Waals surface area (Å²) in [5.41, 5.74) is -2.05. The monoisotopic (exact) mass is 344 g/mol. The highest BCUT2D eigenvalue weighted by Gasteiger charge is 2.30. The van der Waals surface area contributed by atoms with E-state index in [1.54, 1.807) is 0 Å². The van der Waals surface area contributed by atoms with Crippen molar-refractivity contribution in [2.24, 2.45) is 0 Å². The normalized spacial score (nSPS) is 11.0. The average Bonchev–Trinajstić information content (AvgIpc) is 2.48. The van der Waals surface area contributed by atoms with Crippen LogP contribution in [0.15, 0.2) is 42.5 Å². The van der Waals surface area contributed by atoms with Crippen LogP contribution in [0, 0.1) is 15.9 Å². The third-order valence-electron chi connectivity index (χ3n) is 2.77. The van der Waals surface area contributed by atoms with Crippen LogP contribution in [-0.4, -0.2) is 11.0 Å². The van der Waals surface area contributed by atoms with Crippen molar-refractivity contribution in [3.8, 4) is 5.75 Å². The minimum absolute atomic E-state index is 0.423. The Labute approximate surface area is 131 Å².